The molecule has 0 aromatic carbocycles. The van der Waals surface area contributed by atoms with Crippen LogP contribution in [-0.4, -0.2) is 32.7 Å². The minimum Gasteiger partial charge on any atom is -0.393 e. The van der Waals surface area contributed by atoms with Crippen LogP contribution in [-0.2, 0) is 16.0 Å². The van der Waals surface area contributed by atoms with Crippen LogP contribution in [0.4, 0.5) is 0 Å². The van der Waals surface area contributed by atoms with E-state index in [0.29, 0.717) is 24.7 Å². The topological polar surface area (TPSA) is 80.2 Å². The lowest BCUT2D eigenvalue weighted by molar-refractivity contribution is -0.228. The Morgan fingerprint density at radius 2 is 1.62 bits per heavy atom. The second-order valence-corrected chi connectivity index (χ2v) is 16.0. The van der Waals surface area contributed by atoms with E-state index >= 15 is 0 Å². The Hall–Kier alpha value is -1.88. The molecule has 0 aliphatic heterocycles. The van der Waals surface area contributed by atoms with Gasteiger partial charge in [0.2, 0.25) is 0 Å². The van der Waals surface area contributed by atoms with Crippen LogP contribution in [0.1, 0.15) is 112 Å². The predicted molar refractivity (Wildman–Crippen MR) is 156 cm³/mol. The molecule has 5 heteroatoms. The van der Waals surface area contributed by atoms with Crippen LogP contribution in [0, 0.1) is 50.7 Å². The summed E-state index contributed by atoms with van der Waals surface area (Å²) in [5.41, 5.74) is 2.70. The summed E-state index contributed by atoms with van der Waals surface area (Å²) >= 11 is 0. The predicted octanol–water partition coefficient (Wildman–Crippen LogP) is 6.93. The number of hydrogen-bond donors (Lipinski definition) is 1. The molecule has 4 fully saturated rings. The van der Waals surface area contributed by atoms with Crippen LogP contribution in [0.3, 0.4) is 0 Å². The first kappa shape index (κ1) is 28.2. The van der Waals surface area contributed by atoms with Gasteiger partial charge >= 0.3 is 0 Å². The summed E-state index contributed by atoms with van der Waals surface area (Å²) < 4.78 is 0. The molecule has 1 aromatic rings. The average Bonchev–Trinajstić information content (AvgIpc) is 3.21. The first-order valence-electron chi connectivity index (χ1n) is 16.0. The molecule has 1 N–H and O–H groups in total. The molecule has 0 unspecified atom stereocenters. The number of allylic oxidation sites excluding steroid dienone is 2. The van der Waals surface area contributed by atoms with E-state index in [1.165, 1.54) is 18.3 Å². The van der Waals surface area contributed by atoms with Gasteiger partial charge in [0.1, 0.15) is 12.1 Å². The molecule has 218 valence electrons. The highest BCUT2D eigenvalue weighted by Gasteiger charge is 2.70. The van der Waals surface area contributed by atoms with Gasteiger partial charge in [-0.1, -0.05) is 48.5 Å². The molecular weight excluding hydrogens is 496 g/mol. The zero-order valence-corrected chi connectivity index (χ0v) is 25.8. The molecule has 5 aliphatic carbocycles. The molecule has 6 rings (SSSR count). The third-order valence-electron chi connectivity index (χ3n) is 13.9. The monoisotopic (exact) mass is 546 g/mol. The Labute approximate surface area is 241 Å². The highest BCUT2D eigenvalue weighted by Crippen LogP contribution is 2.76. The van der Waals surface area contributed by atoms with E-state index in [0.717, 1.165) is 56.1 Å². The highest BCUT2D eigenvalue weighted by molar-refractivity contribution is 6.07. The Balaban J connectivity index is 1.42. The summed E-state index contributed by atoms with van der Waals surface area (Å²) in [5.74, 6) is 1.91. The van der Waals surface area contributed by atoms with Gasteiger partial charge in [0.15, 0.2) is 5.78 Å². The number of nitrogens with zero attached hydrogens (tertiary/aromatic N) is 2. The molecule has 8 atom stereocenters. The first-order chi connectivity index (χ1) is 18.7. The van der Waals surface area contributed by atoms with E-state index in [1.807, 2.05) is 0 Å². The molecule has 4 saturated carbocycles. The van der Waals surface area contributed by atoms with Crippen molar-refractivity contribution in [2.24, 2.45) is 50.7 Å². The highest BCUT2D eigenvalue weighted by atomic mass is 16.3. The summed E-state index contributed by atoms with van der Waals surface area (Å²) in [7, 11) is 0. The Morgan fingerprint density at radius 3 is 2.30 bits per heavy atom. The zero-order chi connectivity index (χ0) is 28.9. The van der Waals surface area contributed by atoms with Crippen molar-refractivity contribution in [1.29, 1.82) is 0 Å². The van der Waals surface area contributed by atoms with Gasteiger partial charge in [0.05, 0.1) is 11.5 Å². The number of aromatic nitrogens is 2. The van der Waals surface area contributed by atoms with Crippen LogP contribution in [0.5, 0.6) is 0 Å². The van der Waals surface area contributed by atoms with Crippen molar-refractivity contribution < 1.29 is 14.7 Å². The number of hydrogen-bond acceptors (Lipinski definition) is 5. The van der Waals surface area contributed by atoms with Crippen molar-refractivity contribution in [3.8, 4) is 0 Å². The van der Waals surface area contributed by atoms with Crippen LogP contribution in [0.2, 0.25) is 0 Å². The number of carbonyl (C=O) groups is 2. The smallest absolute Gasteiger partial charge is 0.160 e. The molecule has 1 aromatic heterocycles. The summed E-state index contributed by atoms with van der Waals surface area (Å²) in [6, 6.07) is 0. The number of carbonyl (C=O) groups excluding carboxylic acids is 2. The number of Topliss-reactive ketones (excluding diaryl/α,β-unsaturated/α-hetero) is 2. The van der Waals surface area contributed by atoms with Gasteiger partial charge in [-0.25, -0.2) is 9.97 Å². The van der Waals surface area contributed by atoms with Crippen LogP contribution >= 0.6 is 0 Å². The molecular formula is C35H50N2O3. The molecule has 5 nitrogen and oxygen atoms in total. The van der Waals surface area contributed by atoms with Crippen LogP contribution < -0.4 is 0 Å². The molecule has 40 heavy (non-hydrogen) atoms. The van der Waals surface area contributed by atoms with Crippen molar-refractivity contribution in [3.05, 3.63) is 35.4 Å². The van der Waals surface area contributed by atoms with Gasteiger partial charge in [-0.15, -0.1) is 0 Å². The fourth-order valence-corrected chi connectivity index (χ4v) is 11.7. The fraction of sp³-hybridized carbons (Fsp3) is 0.771. The van der Waals surface area contributed by atoms with Crippen molar-refractivity contribution in [1.82, 2.24) is 9.97 Å². The number of aliphatic hydroxyl groups is 1. The third-order valence-corrected chi connectivity index (χ3v) is 13.9. The van der Waals surface area contributed by atoms with Gasteiger partial charge in [-0.3, -0.25) is 9.59 Å². The van der Waals surface area contributed by atoms with E-state index < -0.39 is 5.41 Å². The van der Waals surface area contributed by atoms with E-state index in [-0.39, 0.29) is 51.2 Å². The SMILES string of the molecule is CC(C)C1=C2[C@H]3CC[C@@H]4[C@@]5(C)CC[C@H](O)C(C)(C)[C@@H]5CC[C@@]4(C)[C@]3(C)CC[C@@]2(C(=O)Cc2cncnc2)CC1=O. The molecule has 0 saturated heterocycles. The molecule has 1 heterocycles. The quantitative estimate of drug-likeness (QED) is 0.443. The van der Waals surface area contributed by atoms with Crippen LogP contribution in [0.15, 0.2) is 29.9 Å². The molecule has 5 aliphatic rings. The summed E-state index contributed by atoms with van der Waals surface area (Å²) in [6.45, 7) is 16.6. The number of ketones is 2. The number of rotatable bonds is 4. The summed E-state index contributed by atoms with van der Waals surface area (Å²) in [5, 5.41) is 11.0. The molecule has 0 spiro atoms. The van der Waals surface area contributed by atoms with E-state index in [1.54, 1.807) is 12.4 Å². The fourth-order valence-electron chi connectivity index (χ4n) is 11.7. The Kier molecular flexibility index (Phi) is 6.40. The van der Waals surface area contributed by atoms with Gasteiger partial charge < -0.3 is 5.11 Å². The van der Waals surface area contributed by atoms with Crippen molar-refractivity contribution in [2.45, 2.75) is 119 Å². The largest absolute Gasteiger partial charge is 0.393 e. The molecule has 0 amide bonds. The van der Waals surface area contributed by atoms with Gasteiger partial charge in [-0.05, 0) is 113 Å². The Morgan fingerprint density at radius 1 is 0.925 bits per heavy atom. The summed E-state index contributed by atoms with van der Waals surface area (Å²) in [4.78, 5) is 36.4. The minimum atomic E-state index is -0.669. The van der Waals surface area contributed by atoms with E-state index in [9.17, 15) is 14.7 Å². The second kappa shape index (κ2) is 9.06. The van der Waals surface area contributed by atoms with E-state index in [4.69, 9.17) is 0 Å². The first-order valence-corrected chi connectivity index (χ1v) is 16.0. The summed E-state index contributed by atoms with van der Waals surface area (Å²) in [6.07, 6.45) is 13.7. The van der Waals surface area contributed by atoms with Crippen molar-refractivity contribution in [2.75, 3.05) is 0 Å². The Bertz CT molecular complexity index is 1250. The average molecular weight is 547 g/mol. The van der Waals surface area contributed by atoms with Gasteiger partial charge in [-0.2, -0.15) is 0 Å². The van der Waals surface area contributed by atoms with Crippen LogP contribution in [0.25, 0.3) is 0 Å². The van der Waals surface area contributed by atoms with Crippen molar-refractivity contribution in [3.63, 3.8) is 0 Å². The zero-order valence-electron chi connectivity index (χ0n) is 25.8. The van der Waals surface area contributed by atoms with Gasteiger partial charge in [0.25, 0.3) is 0 Å². The molecule has 0 radical (unpaired) electrons. The maximum absolute atomic E-state index is 14.3. The second-order valence-electron chi connectivity index (χ2n) is 16.0. The van der Waals surface area contributed by atoms with Gasteiger partial charge in [0, 0.05) is 25.2 Å². The third kappa shape index (κ3) is 3.54. The normalized spacial score (nSPS) is 44.1. The number of aliphatic hydroxyl groups excluding tert-OH is 1. The van der Waals surface area contributed by atoms with E-state index in [2.05, 4.69) is 58.4 Å². The maximum atomic E-state index is 14.3. The standard InChI is InChI=1S/C35H50N2O3/c1-21(2)29-24(38)17-35(28(40)16-22-18-36-20-37-19-22)15-14-33(6)23(30(29)35)8-9-26-32(5)12-11-27(39)31(3,4)25(32)10-13-34(26,33)7/h18-21,23,25-27,39H,8-17H2,1-7H3/t23-,25+,26-,27+,32+,33-,34-,35+/m1/s1. The molecule has 0 bridgehead atoms. The lowest BCUT2D eigenvalue weighted by atomic mass is 9.33. The van der Waals surface area contributed by atoms with Crippen molar-refractivity contribution >= 4 is 11.6 Å². The lowest BCUT2D eigenvalue weighted by Crippen LogP contribution is -2.65. The lowest BCUT2D eigenvalue weighted by Gasteiger charge is -2.72. The minimum absolute atomic E-state index is 0.0455. The number of fused-ring (bicyclic) bond motifs is 7. The maximum Gasteiger partial charge on any atom is 0.160 e.